The number of urea groups is 1. The van der Waals surface area contributed by atoms with E-state index in [2.05, 4.69) is 19.2 Å². The monoisotopic (exact) mass is 338 g/mol. The molecule has 130 valence electrons. The van der Waals surface area contributed by atoms with E-state index in [1.54, 1.807) is 11.9 Å². The van der Waals surface area contributed by atoms with Crippen LogP contribution in [0.4, 0.5) is 10.5 Å². The second-order valence-electron chi connectivity index (χ2n) is 7.13. The predicted octanol–water partition coefficient (Wildman–Crippen LogP) is 4.24. The number of carbonyl (C=O) groups is 1. The summed E-state index contributed by atoms with van der Waals surface area (Å²) in [5, 5.41) is 2.91. The lowest BCUT2D eigenvalue weighted by Crippen LogP contribution is -2.34. The van der Waals surface area contributed by atoms with Gasteiger partial charge in [0.1, 0.15) is 0 Å². The molecule has 0 heterocycles. The molecule has 0 spiro atoms. The van der Waals surface area contributed by atoms with E-state index in [-0.39, 0.29) is 10.8 Å². The molecule has 0 saturated heterocycles. The summed E-state index contributed by atoms with van der Waals surface area (Å²) in [5.41, 5.74) is 1.72. The highest BCUT2D eigenvalue weighted by molar-refractivity contribution is 7.85. The van der Waals surface area contributed by atoms with Crippen molar-refractivity contribution in [3.05, 3.63) is 29.8 Å². The summed E-state index contributed by atoms with van der Waals surface area (Å²) in [7, 11) is 0.855. The van der Waals surface area contributed by atoms with Gasteiger partial charge >= 0.3 is 6.03 Å². The lowest BCUT2D eigenvalue weighted by atomic mass is 10.1. The van der Waals surface area contributed by atoms with Crippen molar-refractivity contribution in [2.75, 3.05) is 18.9 Å². The molecular weight excluding hydrogens is 308 g/mol. The van der Waals surface area contributed by atoms with Gasteiger partial charge in [-0.3, -0.25) is 4.21 Å². The van der Waals surface area contributed by atoms with Gasteiger partial charge in [-0.1, -0.05) is 32.4 Å². The minimum Gasteiger partial charge on any atom is -0.327 e. The van der Waals surface area contributed by atoms with Crippen molar-refractivity contribution in [2.24, 2.45) is 5.92 Å². The van der Waals surface area contributed by atoms with Crippen molar-refractivity contribution >= 4 is 22.5 Å². The molecule has 0 aliphatic rings. The van der Waals surface area contributed by atoms with Gasteiger partial charge in [-0.2, -0.15) is 0 Å². The maximum absolute atomic E-state index is 12.2. The SMILES string of the molecule is CC[C@H](C)CN(C)C(=O)Nc1cccc(C[S@@](=O)C(C)(C)C)c1. The van der Waals surface area contributed by atoms with Crippen LogP contribution in [0, 0.1) is 5.92 Å². The van der Waals surface area contributed by atoms with Crippen LogP contribution in [0.3, 0.4) is 0 Å². The molecule has 2 amide bonds. The lowest BCUT2D eigenvalue weighted by molar-refractivity contribution is 0.215. The fourth-order valence-corrected chi connectivity index (χ4v) is 2.92. The number of hydrogen-bond acceptors (Lipinski definition) is 2. The van der Waals surface area contributed by atoms with E-state index in [1.165, 1.54) is 0 Å². The van der Waals surface area contributed by atoms with Crippen LogP contribution >= 0.6 is 0 Å². The quantitative estimate of drug-likeness (QED) is 0.843. The highest BCUT2D eigenvalue weighted by atomic mass is 32.2. The highest BCUT2D eigenvalue weighted by Gasteiger charge is 2.19. The second kappa shape index (κ2) is 8.48. The first-order valence-corrected chi connectivity index (χ1v) is 9.45. The third-order valence-electron chi connectivity index (χ3n) is 3.79. The van der Waals surface area contributed by atoms with E-state index in [9.17, 15) is 9.00 Å². The van der Waals surface area contributed by atoms with Crippen molar-refractivity contribution in [3.8, 4) is 0 Å². The van der Waals surface area contributed by atoms with Crippen LogP contribution in [-0.2, 0) is 16.6 Å². The van der Waals surface area contributed by atoms with Gasteiger partial charge in [0.25, 0.3) is 0 Å². The first-order valence-electron chi connectivity index (χ1n) is 8.13. The van der Waals surface area contributed by atoms with Crippen LogP contribution in [-0.4, -0.2) is 33.5 Å². The van der Waals surface area contributed by atoms with Crippen LogP contribution < -0.4 is 5.32 Å². The molecule has 1 N–H and O–H groups in total. The maximum Gasteiger partial charge on any atom is 0.321 e. The van der Waals surface area contributed by atoms with E-state index in [0.29, 0.717) is 11.7 Å². The van der Waals surface area contributed by atoms with Gasteiger partial charge in [-0.25, -0.2) is 4.79 Å². The van der Waals surface area contributed by atoms with Crippen LogP contribution in [0.2, 0.25) is 0 Å². The number of anilines is 1. The molecule has 0 fully saturated rings. The van der Waals surface area contributed by atoms with Crippen molar-refractivity contribution in [1.29, 1.82) is 0 Å². The smallest absolute Gasteiger partial charge is 0.321 e. The zero-order chi connectivity index (χ0) is 17.6. The fraction of sp³-hybridized carbons (Fsp3) is 0.611. The molecular formula is C18H30N2O2S. The van der Waals surface area contributed by atoms with Crippen molar-refractivity contribution in [2.45, 2.75) is 51.5 Å². The van der Waals surface area contributed by atoms with Crippen LogP contribution in [0.25, 0.3) is 0 Å². The van der Waals surface area contributed by atoms with Crippen LogP contribution in [0.5, 0.6) is 0 Å². The summed E-state index contributed by atoms with van der Waals surface area (Å²) in [6, 6.07) is 7.48. The van der Waals surface area contributed by atoms with Gasteiger partial charge < -0.3 is 10.2 Å². The van der Waals surface area contributed by atoms with E-state index in [1.807, 2.05) is 45.0 Å². The number of benzene rings is 1. The van der Waals surface area contributed by atoms with Gasteiger partial charge in [0.15, 0.2) is 0 Å². The summed E-state index contributed by atoms with van der Waals surface area (Å²) in [4.78, 5) is 13.9. The Morgan fingerprint density at radius 1 is 1.35 bits per heavy atom. The maximum atomic E-state index is 12.2. The summed E-state index contributed by atoms with van der Waals surface area (Å²) >= 11 is 0. The van der Waals surface area contributed by atoms with Gasteiger partial charge in [0.2, 0.25) is 0 Å². The van der Waals surface area contributed by atoms with E-state index in [0.717, 1.165) is 24.2 Å². The van der Waals surface area contributed by atoms with Crippen LogP contribution in [0.15, 0.2) is 24.3 Å². The molecule has 0 aliphatic carbocycles. The lowest BCUT2D eigenvalue weighted by Gasteiger charge is -2.21. The van der Waals surface area contributed by atoms with E-state index < -0.39 is 10.8 Å². The zero-order valence-electron chi connectivity index (χ0n) is 15.2. The third-order valence-corrected chi connectivity index (χ3v) is 5.75. The Morgan fingerprint density at radius 2 is 2.00 bits per heavy atom. The Kier molecular flexibility index (Phi) is 7.26. The zero-order valence-corrected chi connectivity index (χ0v) is 16.0. The van der Waals surface area contributed by atoms with Gasteiger partial charge in [-0.05, 0) is 44.4 Å². The summed E-state index contributed by atoms with van der Waals surface area (Å²) in [6.07, 6.45) is 1.05. The largest absolute Gasteiger partial charge is 0.327 e. The molecule has 5 heteroatoms. The predicted molar refractivity (Wildman–Crippen MR) is 99.1 cm³/mol. The minimum absolute atomic E-state index is 0.112. The molecule has 23 heavy (non-hydrogen) atoms. The van der Waals surface area contributed by atoms with Crippen LogP contribution in [0.1, 0.15) is 46.6 Å². The number of carbonyl (C=O) groups excluding carboxylic acids is 1. The van der Waals surface area contributed by atoms with Crippen molar-refractivity contribution < 1.29 is 9.00 Å². The molecule has 0 aromatic heterocycles. The minimum atomic E-state index is -0.950. The topological polar surface area (TPSA) is 49.4 Å². The summed E-state index contributed by atoms with van der Waals surface area (Å²) in [5.74, 6) is 0.974. The average molecular weight is 339 g/mol. The molecule has 4 nitrogen and oxygen atoms in total. The van der Waals surface area contributed by atoms with Gasteiger partial charge in [0, 0.05) is 40.6 Å². The Bertz CT molecular complexity index is 552. The third kappa shape index (κ3) is 6.73. The first kappa shape index (κ1) is 19.7. The van der Waals surface area contributed by atoms with E-state index in [4.69, 9.17) is 0 Å². The Balaban J connectivity index is 2.70. The number of amides is 2. The number of nitrogens with zero attached hydrogens (tertiary/aromatic N) is 1. The molecule has 0 saturated carbocycles. The molecule has 0 radical (unpaired) electrons. The van der Waals surface area contributed by atoms with Gasteiger partial charge in [-0.15, -0.1) is 0 Å². The second-order valence-corrected chi connectivity index (χ2v) is 9.33. The number of rotatable bonds is 6. The van der Waals surface area contributed by atoms with E-state index >= 15 is 0 Å². The van der Waals surface area contributed by atoms with Crippen molar-refractivity contribution in [3.63, 3.8) is 0 Å². The summed E-state index contributed by atoms with van der Waals surface area (Å²) in [6.45, 7) is 10.9. The molecule has 0 aliphatic heterocycles. The average Bonchev–Trinajstić information content (AvgIpc) is 2.46. The normalized spacial score (nSPS) is 14.2. The summed E-state index contributed by atoms with van der Waals surface area (Å²) < 4.78 is 12.0. The number of hydrogen-bond donors (Lipinski definition) is 1. The molecule has 1 aromatic rings. The highest BCUT2D eigenvalue weighted by Crippen LogP contribution is 2.19. The number of nitrogens with one attached hydrogen (secondary N) is 1. The standard InChI is InChI=1S/C18H30N2O2S/c1-7-14(2)12-20(6)17(21)19-16-10-8-9-15(11-16)13-23(22)18(3,4)5/h8-11,14H,7,12-13H2,1-6H3,(H,19,21)/t14-,23+/m0/s1. The Hall–Kier alpha value is -1.36. The molecule has 2 atom stereocenters. The molecule has 0 unspecified atom stereocenters. The Morgan fingerprint density at radius 3 is 2.57 bits per heavy atom. The Labute approximate surface area is 143 Å². The van der Waals surface area contributed by atoms with Crippen molar-refractivity contribution in [1.82, 2.24) is 4.90 Å². The molecule has 1 aromatic carbocycles. The van der Waals surface area contributed by atoms with Gasteiger partial charge in [0.05, 0.1) is 0 Å². The fourth-order valence-electron chi connectivity index (χ4n) is 2.01. The molecule has 1 rings (SSSR count). The molecule has 0 bridgehead atoms. The first-order chi connectivity index (χ1) is 10.6.